The topological polar surface area (TPSA) is 0 Å². The van der Waals surface area contributed by atoms with Crippen LogP contribution < -0.4 is 0 Å². The van der Waals surface area contributed by atoms with Gasteiger partial charge in [-0.1, -0.05) is 48.8 Å². The summed E-state index contributed by atoms with van der Waals surface area (Å²) in [4.78, 5) is 0. The summed E-state index contributed by atoms with van der Waals surface area (Å²) in [5.41, 5.74) is 4.43. The Morgan fingerprint density at radius 1 is 1.00 bits per heavy atom. The van der Waals surface area contributed by atoms with E-state index in [2.05, 4.69) is 66.7 Å². The molecule has 0 heteroatoms. The van der Waals surface area contributed by atoms with Crippen molar-refractivity contribution in [2.75, 3.05) is 0 Å². The van der Waals surface area contributed by atoms with Gasteiger partial charge in [-0.3, -0.25) is 0 Å². The maximum absolute atomic E-state index is 2.38. The first-order valence-electron chi connectivity index (χ1n) is 6.32. The standard InChI is InChI=1S/C16H28/c1-8-14(6)11-16(10-9-12(2)3)15(7)13(4)5/h8-10,12,16H,11H2,1-7H3. The summed E-state index contributed by atoms with van der Waals surface area (Å²) in [6, 6.07) is 0. The van der Waals surface area contributed by atoms with Crippen molar-refractivity contribution >= 4 is 0 Å². The van der Waals surface area contributed by atoms with Gasteiger partial charge in [-0.2, -0.15) is 0 Å². The molecule has 0 rings (SSSR count). The van der Waals surface area contributed by atoms with Gasteiger partial charge in [0.15, 0.2) is 0 Å². The number of allylic oxidation sites excluding steroid dienone is 6. The number of hydrogen-bond donors (Lipinski definition) is 0. The molecule has 0 amide bonds. The molecule has 0 spiro atoms. The third-order valence-electron chi connectivity index (χ3n) is 3.11. The first-order chi connectivity index (χ1) is 7.38. The molecule has 0 nitrogen and oxygen atoms in total. The van der Waals surface area contributed by atoms with Gasteiger partial charge in [0.1, 0.15) is 0 Å². The molecule has 0 N–H and O–H groups in total. The van der Waals surface area contributed by atoms with E-state index >= 15 is 0 Å². The van der Waals surface area contributed by atoms with Crippen molar-refractivity contribution in [3.63, 3.8) is 0 Å². The zero-order valence-corrected chi connectivity index (χ0v) is 12.1. The van der Waals surface area contributed by atoms with Crippen LogP contribution in [-0.2, 0) is 0 Å². The lowest BCUT2D eigenvalue weighted by molar-refractivity contribution is 0.718. The second-order valence-electron chi connectivity index (χ2n) is 5.26. The highest BCUT2D eigenvalue weighted by molar-refractivity contribution is 5.19. The van der Waals surface area contributed by atoms with Gasteiger partial charge in [-0.25, -0.2) is 0 Å². The molecule has 0 radical (unpaired) electrons. The van der Waals surface area contributed by atoms with E-state index in [1.165, 1.54) is 16.7 Å². The zero-order valence-electron chi connectivity index (χ0n) is 12.1. The minimum Gasteiger partial charge on any atom is -0.0887 e. The van der Waals surface area contributed by atoms with Crippen molar-refractivity contribution in [1.29, 1.82) is 0 Å². The second kappa shape index (κ2) is 7.49. The van der Waals surface area contributed by atoms with E-state index in [1.54, 1.807) is 0 Å². The van der Waals surface area contributed by atoms with Gasteiger partial charge >= 0.3 is 0 Å². The van der Waals surface area contributed by atoms with Gasteiger partial charge < -0.3 is 0 Å². The Morgan fingerprint density at radius 2 is 1.56 bits per heavy atom. The van der Waals surface area contributed by atoms with E-state index in [0.717, 1.165) is 6.42 Å². The zero-order chi connectivity index (χ0) is 12.7. The predicted octanol–water partition coefficient (Wildman–Crippen LogP) is 5.53. The minimum absolute atomic E-state index is 0.573. The Labute approximate surface area is 102 Å². The second-order valence-corrected chi connectivity index (χ2v) is 5.26. The van der Waals surface area contributed by atoms with Crippen molar-refractivity contribution in [2.24, 2.45) is 11.8 Å². The molecular formula is C16H28. The summed E-state index contributed by atoms with van der Waals surface area (Å²) >= 11 is 0. The summed E-state index contributed by atoms with van der Waals surface area (Å²) < 4.78 is 0. The van der Waals surface area contributed by atoms with Crippen LogP contribution in [-0.4, -0.2) is 0 Å². The van der Waals surface area contributed by atoms with Crippen LogP contribution in [0.1, 0.15) is 54.9 Å². The molecule has 0 aliphatic heterocycles. The summed E-state index contributed by atoms with van der Waals surface area (Å²) in [7, 11) is 0. The lowest BCUT2D eigenvalue weighted by atomic mass is 9.89. The van der Waals surface area contributed by atoms with Gasteiger partial charge in [0.25, 0.3) is 0 Å². The molecule has 0 bridgehead atoms. The average Bonchev–Trinajstić information content (AvgIpc) is 2.22. The highest BCUT2D eigenvalue weighted by Crippen LogP contribution is 2.24. The third-order valence-corrected chi connectivity index (χ3v) is 3.11. The molecule has 0 aromatic carbocycles. The van der Waals surface area contributed by atoms with Crippen molar-refractivity contribution in [1.82, 2.24) is 0 Å². The minimum atomic E-state index is 0.573. The van der Waals surface area contributed by atoms with E-state index in [1.807, 2.05) is 0 Å². The molecule has 0 fully saturated rings. The van der Waals surface area contributed by atoms with Gasteiger partial charge in [0.2, 0.25) is 0 Å². The molecule has 0 aliphatic carbocycles. The molecule has 92 valence electrons. The molecule has 0 aromatic rings. The Hall–Kier alpha value is -0.780. The van der Waals surface area contributed by atoms with Crippen LogP contribution in [0.4, 0.5) is 0 Å². The molecule has 0 heterocycles. The summed E-state index contributed by atoms with van der Waals surface area (Å²) in [5.74, 6) is 1.21. The Bertz CT molecular complexity index is 283. The maximum atomic E-state index is 2.38. The number of hydrogen-bond acceptors (Lipinski definition) is 0. The molecule has 0 saturated carbocycles. The van der Waals surface area contributed by atoms with Crippen molar-refractivity contribution in [3.05, 3.63) is 34.9 Å². The quantitative estimate of drug-likeness (QED) is 0.535. The molecule has 0 saturated heterocycles. The lowest BCUT2D eigenvalue weighted by Crippen LogP contribution is -2.02. The van der Waals surface area contributed by atoms with Crippen LogP contribution in [0.15, 0.2) is 34.9 Å². The Balaban J connectivity index is 4.85. The monoisotopic (exact) mass is 220 g/mol. The van der Waals surface area contributed by atoms with E-state index in [-0.39, 0.29) is 0 Å². The van der Waals surface area contributed by atoms with E-state index in [0.29, 0.717) is 11.8 Å². The number of rotatable bonds is 5. The summed E-state index contributed by atoms with van der Waals surface area (Å²) in [6.45, 7) is 15.5. The fourth-order valence-electron chi connectivity index (χ4n) is 1.56. The summed E-state index contributed by atoms with van der Waals surface area (Å²) in [5, 5.41) is 0. The maximum Gasteiger partial charge on any atom is 0.00136 e. The van der Waals surface area contributed by atoms with E-state index < -0.39 is 0 Å². The van der Waals surface area contributed by atoms with Crippen LogP contribution >= 0.6 is 0 Å². The third kappa shape index (κ3) is 5.95. The molecule has 0 aliphatic rings. The normalized spacial score (nSPS) is 14.6. The summed E-state index contributed by atoms with van der Waals surface area (Å²) in [6.07, 6.45) is 8.06. The fraction of sp³-hybridized carbons (Fsp3) is 0.625. The SMILES string of the molecule is CC=C(C)CC(C=CC(C)C)C(C)=C(C)C. The lowest BCUT2D eigenvalue weighted by Gasteiger charge is -2.16. The predicted molar refractivity (Wildman–Crippen MR) is 75.6 cm³/mol. The van der Waals surface area contributed by atoms with Gasteiger partial charge in [-0.05, 0) is 47.0 Å². The first kappa shape index (κ1) is 15.2. The van der Waals surface area contributed by atoms with Crippen molar-refractivity contribution < 1.29 is 0 Å². The highest BCUT2D eigenvalue weighted by atomic mass is 14.1. The molecule has 1 atom stereocenters. The van der Waals surface area contributed by atoms with Crippen molar-refractivity contribution in [3.8, 4) is 0 Å². The van der Waals surface area contributed by atoms with Crippen LogP contribution in [0.3, 0.4) is 0 Å². The molecular weight excluding hydrogens is 192 g/mol. The van der Waals surface area contributed by atoms with Crippen LogP contribution in [0.5, 0.6) is 0 Å². The Kier molecular flexibility index (Phi) is 7.12. The van der Waals surface area contributed by atoms with Gasteiger partial charge in [0.05, 0.1) is 0 Å². The van der Waals surface area contributed by atoms with Gasteiger partial charge in [0, 0.05) is 5.92 Å². The van der Waals surface area contributed by atoms with E-state index in [4.69, 9.17) is 0 Å². The van der Waals surface area contributed by atoms with Crippen LogP contribution in [0.2, 0.25) is 0 Å². The molecule has 1 unspecified atom stereocenters. The largest absolute Gasteiger partial charge is 0.0887 e. The smallest absolute Gasteiger partial charge is 0.00136 e. The first-order valence-corrected chi connectivity index (χ1v) is 6.32. The fourth-order valence-corrected chi connectivity index (χ4v) is 1.56. The van der Waals surface area contributed by atoms with Crippen LogP contribution in [0, 0.1) is 11.8 Å². The van der Waals surface area contributed by atoms with E-state index in [9.17, 15) is 0 Å². The highest BCUT2D eigenvalue weighted by Gasteiger charge is 2.09. The average molecular weight is 220 g/mol. The Morgan fingerprint density at radius 3 is 1.94 bits per heavy atom. The van der Waals surface area contributed by atoms with Crippen LogP contribution in [0.25, 0.3) is 0 Å². The molecule has 0 aromatic heterocycles. The van der Waals surface area contributed by atoms with Crippen molar-refractivity contribution in [2.45, 2.75) is 54.9 Å². The van der Waals surface area contributed by atoms with Gasteiger partial charge in [-0.15, -0.1) is 0 Å². The molecule has 16 heavy (non-hydrogen) atoms.